The number of amidine groups is 1. The van der Waals surface area contributed by atoms with Crippen LogP contribution in [0.25, 0.3) is 18.2 Å². The summed E-state index contributed by atoms with van der Waals surface area (Å²) in [6, 6.07) is 27.6. The van der Waals surface area contributed by atoms with Crippen LogP contribution in [0.1, 0.15) is 28.1 Å². The summed E-state index contributed by atoms with van der Waals surface area (Å²) in [7, 11) is 0. The summed E-state index contributed by atoms with van der Waals surface area (Å²) >= 11 is 1.34. The smallest absolute Gasteiger partial charge is 0.271 e. The zero-order chi connectivity index (χ0) is 24.2. The van der Waals surface area contributed by atoms with Crippen molar-refractivity contribution >= 4 is 52.4 Å². The van der Waals surface area contributed by atoms with Gasteiger partial charge < -0.3 is 4.52 Å². The monoisotopic (exact) mass is 477 g/mol. The first-order valence-corrected chi connectivity index (χ1v) is 12.0. The molecule has 0 saturated carbocycles. The molecule has 0 radical (unpaired) electrons. The normalized spacial score (nSPS) is 16.2. The first-order valence-electron chi connectivity index (χ1n) is 11.2. The highest BCUT2D eigenvalue weighted by Gasteiger charge is 2.38. The Morgan fingerprint density at radius 2 is 1.54 bits per heavy atom. The lowest BCUT2D eigenvalue weighted by Crippen LogP contribution is -2.29. The van der Waals surface area contributed by atoms with E-state index in [0.29, 0.717) is 27.2 Å². The maximum Gasteiger partial charge on any atom is 0.271 e. The van der Waals surface area contributed by atoms with E-state index in [9.17, 15) is 4.79 Å². The third-order valence-corrected chi connectivity index (χ3v) is 6.44. The lowest BCUT2D eigenvalue weighted by Gasteiger charge is -2.15. The van der Waals surface area contributed by atoms with Crippen molar-refractivity contribution < 1.29 is 9.32 Å². The molecule has 1 amide bonds. The van der Waals surface area contributed by atoms with Gasteiger partial charge in [-0.2, -0.15) is 0 Å². The number of amides is 1. The number of nitrogens with zero attached hydrogens (tertiary/aromatic N) is 3. The second-order valence-electron chi connectivity index (χ2n) is 8.12. The van der Waals surface area contributed by atoms with E-state index in [2.05, 4.69) is 5.16 Å². The van der Waals surface area contributed by atoms with Gasteiger partial charge in [0.1, 0.15) is 11.4 Å². The largest absolute Gasteiger partial charge is 0.354 e. The van der Waals surface area contributed by atoms with Gasteiger partial charge in [-0.1, -0.05) is 89.6 Å². The van der Waals surface area contributed by atoms with Crippen molar-refractivity contribution in [3.63, 3.8) is 0 Å². The van der Waals surface area contributed by atoms with Crippen LogP contribution in [0.4, 0.5) is 11.4 Å². The number of hydrogen-bond donors (Lipinski definition) is 0. The Hall–Kier alpha value is -4.16. The minimum Gasteiger partial charge on any atom is -0.354 e. The van der Waals surface area contributed by atoms with E-state index in [-0.39, 0.29) is 5.91 Å². The molecule has 3 aromatic carbocycles. The molecule has 0 aliphatic carbocycles. The minimum atomic E-state index is -0.161. The predicted molar refractivity (Wildman–Crippen MR) is 144 cm³/mol. The zero-order valence-corrected chi connectivity index (χ0v) is 20.2. The molecule has 1 fully saturated rings. The number of para-hydroxylation sites is 1. The standard InChI is InChI=1S/C29H23N3O2S/c1-20-13-15-23(16-14-20)19-26-28(33)32(29(35-26)30-24-11-7-4-8-12-24)27-21(2)31-34-25(27)18-17-22-9-5-3-6-10-22/h3-19H,1-2H3/b18-17+,26-19-,30-29?. The van der Waals surface area contributed by atoms with Crippen molar-refractivity contribution in [3.8, 4) is 0 Å². The van der Waals surface area contributed by atoms with Crippen LogP contribution >= 0.6 is 11.8 Å². The molecule has 1 saturated heterocycles. The molecule has 5 nitrogen and oxygen atoms in total. The maximum atomic E-state index is 13.7. The maximum absolute atomic E-state index is 13.7. The number of rotatable bonds is 5. The SMILES string of the molecule is Cc1ccc(/C=C2\SC(=Nc3ccccc3)N(c3c(C)noc3/C=C/c3ccccc3)C2=O)cc1. The van der Waals surface area contributed by atoms with Gasteiger partial charge in [0.15, 0.2) is 10.9 Å². The summed E-state index contributed by atoms with van der Waals surface area (Å²) in [5.74, 6) is 0.337. The Labute approximate surface area is 208 Å². The zero-order valence-electron chi connectivity index (χ0n) is 19.4. The molecule has 5 rings (SSSR count). The van der Waals surface area contributed by atoms with E-state index in [1.54, 1.807) is 4.90 Å². The van der Waals surface area contributed by atoms with E-state index in [0.717, 1.165) is 16.8 Å². The predicted octanol–water partition coefficient (Wildman–Crippen LogP) is 7.27. The van der Waals surface area contributed by atoms with Crippen molar-refractivity contribution in [3.05, 3.63) is 118 Å². The average molecular weight is 478 g/mol. The van der Waals surface area contributed by atoms with Gasteiger partial charge in [-0.05, 0) is 61.0 Å². The quantitative estimate of drug-likeness (QED) is 0.284. The first-order chi connectivity index (χ1) is 17.1. The Kier molecular flexibility index (Phi) is 6.46. The van der Waals surface area contributed by atoms with Crippen LogP contribution < -0.4 is 4.90 Å². The number of benzene rings is 3. The van der Waals surface area contributed by atoms with E-state index < -0.39 is 0 Å². The van der Waals surface area contributed by atoms with E-state index in [1.165, 1.54) is 17.3 Å². The van der Waals surface area contributed by atoms with Gasteiger partial charge in [0, 0.05) is 0 Å². The van der Waals surface area contributed by atoms with Crippen LogP contribution in [-0.2, 0) is 4.79 Å². The number of hydrogen-bond acceptors (Lipinski definition) is 5. The molecular formula is C29H23N3O2S. The van der Waals surface area contributed by atoms with Gasteiger partial charge in [-0.25, -0.2) is 9.89 Å². The second kappa shape index (κ2) is 9.99. The Morgan fingerprint density at radius 3 is 2.26 bits per heavy atom. The first kappa shape index (κ1) is 22.6. The molecule has 1 aliphatic heterocycles. The highest BCUT2D eigenvalue weighted by Crippen LogP contribution is 2.40. The van der Waals surface area contributed by atoms with Crippen molar-refractivity contribution in [1.29, 1.82) is 0 Å². The van der Waals surface area contributed by atoms with E-state index >= 15 is 0 Å². The fourth-order valence-corrected chi connectivity index (χ4v) is 4.66. The fourth-order valence-electron chi connectivity index (χ4n) is 3.67. The molecule has 0 bridgehead atoms. The lowest BCUT2D eigenvalue weighted by molar-refractivity contribution is -0.113. The number of aromatic nitrogens is 1. The molecule has 1 aliphatic rings. The number of aliphatic imine (C=N–C) groups is 1. The number of carbonyl (C=O) groups excluding carboxylic acids is 1. The number of carbonyl (C=O) groups is 1. The topological polar surface area (TPSA) is 58.7 Å². The fraction of sp³-hybridized carbons (Fsp3) is 0.0690. The number of anilines is 1. The molecule has 35 heavy (non-hydrogen) atoms. The van der Waals surface area contributed by atoms with Gasteiger partial charge in [0.25, 0.3) is 5.91 Å². The van der Waals surface area contributed by atoms with Crippen molar-refractivity contribution in [2.45, 2.75) is 13.8 Å². The molecule has 1 aromatic heterocycles. The van der Waals surface area contributed by atoms with Gasteiger partial charge in [-0.15, -0.1) is 0 Å². The van der Waals surface area contributed by atoms with E-state index in [1.807, 2.05) is 117 Å². The Bertz CT molecular complexity index is 1440. The summed E-state index contributed by atoms with van der Waals surface area (Å²) in [5, 5.41) is 4.72. The molecule has 172 valence electrons. The summed E-state index contributed by atoms with van der Waals surface area (Å²) in [5.41, 5.74) is 5.12. The minimum absolute atomic E-state index is 0.161. The van der Waals surface area contributed by atoms with Crippen LogP contribution in [-0.4, -0.2) is 16.2 Å². The molecule has 2 heterocycles. The van der Waals surface area contributed by atoms with Gasteiger partial charge in [-0.3, -0.25) is 4.79 Å². The third kappa shape index (κ3) is 5.03. The second-order valence-corrected chi connectivity index (χ2v) is 9.13. The molecule has 0 N–H and O–H groups in total. The number of aryl methyl sites for hydroxylation is 2. The van der Waals surface area contributed by atoms with Crippen molar-refractivity contribution in [1.82, 2.24) is 5.16 Å². The highest BCUT2D eigenvalue weighted by atomic mass is 32.2. The molecule has 6 heteroatoms. The summed E-state index contributed by atoms with van der Waals surface area (Å²) in [6.07, 6.45) is 5.67. The molecule has 0 atom stereocenters. The molecule has 0 spiro atoms. The van der Waals surface area contributed by atoms with Crippen LogP contribution in [0.2, 0.25) is 0 Å². The Balaban J connectivity index is 1.58. The van der Waals surface area contributed by atoms with Gasteiger partial charge in [0.05, 0.1) is 10.6 Å². The summed E-state index contributed by atoms with van der Waals surface area (Å²) in [4.78, 5) is 20.7. The lowest BCUT2D eigenvalue weighted by atomic mass is 10.1. The summed E-state index contributed by atoms with van der Waals surface area (Å²) in [6.45, 7) is 3.87. The van der Waals surface area contributed by atoms with Crippen LogP contribution in [0.15, 0.2) is 99.3 Å². The van der Waals surface area contributed by atoms with Gasteiger partial charge in [0.2, 0.25) is 0 Å². The number of thioether (sulfide) groups is 1. The molecular weight excluding hydrogens is 454 g/mol. The average Bonchev–Trinajstić information content (AvgIpc) is 3.38. The molecule has 4 aromatic rings. The summed E-state index contributed by atoms with van der Waals surface area (Å²) < 4.78 is 5.63. The molecule has 0 unspecified atom stereocenters. The van der Waals surface area contributed by atoms with Crippen molar-refractivity contribution in [2.75, 3.05) is 4.90 Å². The van der Waals surface area contributed by atoms with E-state index in [4.69, 9.17) is 9.52 Å². The Morgan fingerprint density at radius 1 is 0.857 bits per heavy atom. The van der Waals surface area contributed by atoms with Crippen LogP contribution in [0.5, 0.6) is 0 Å². The van der Waals surface area contributed by atoms with Crippen LogP contribution in [0.3, 0.4) is 0 Å². The third-order valence-electron chi connectivity index (χ3n) is 5.47. The van der Waals surface area contributed by atoms with Gasteiger partial charge >= 0.3 is 0 Å². The van der Waals surface area contributed by atoms with Crippen molar-refractivity contribution in [2.24, 2.45) is 4.99 Å². The highest BCUT2D eigenvalue weighted by molar-refractivity contribution is 8.19. The van der Waals surface area contributed by atoms with Crippen LogP contribution in [0, 0.1) is 13.8 Å².